The van der Waals surface area contributed by atoms with Gasteiger partial charge in [0, 0.05) is 19.2 Å². The lowest BCUT2D eigenvalue weighted by molar-refractivity contribution is -0.118. The molecule has 1 aliphatic heterocycles. The molecule has 0 bridgehead atoms. The molecule has 8 nitrogen and oxygen atoms in total. The maximum absolute atomic E-state index is 13.2. The molecule has 1 aromatic heterocycles. The average Bonchev–Trinajstić information content (AvgIpc) is 3.35. The second-order valence-electron chi connectivity index (χ2n) is 8.99. The van der Waals surface area contributed by atoms with Gasteiger partial charge in [0.25, 0.3) is 0 Å². The van der Waals surface area contributed by atoms with E-state index in [9.17, 15) is 18.0 Å². The molecule has 0 saturated heterocycles. The molecule has 0 radical (unpaired) electrons. The smallest absolute Gasteiger partial charge is 0.244 e. The first-order valence-corrected chi connectivity index (χ1v) is 13.4. The summed E-state index contributed by atoms with van der Waals surface area (Å²) in [6, 6.07) is 9.60. The highest BCUT2D eigenvalue weighted by molar-refractivity contribution is 7.89. The summed E-state index contributed by atoms with van der Waals surface area (Å²) in [7, 11) is -3.96. The number of amides is 2. The van der Waals surface area contributed by atoms with Gasteiger partial charge in [-0.1, -0.05) is 31.3 Å². The molecule has 180 valence electrons. The SMILES string of the molecule is CC(=O)N1CCc2cc(S(=O)(=O)NC(CC(C)C)C(=O)Nc3nc4ccc(C)cc4s3)ccc21. The van der Waals surface area contributed by atoms with Gasteiger partial charge in [-0.15, -0.1) is 0 Å². The van der Waals surface area contributed by atoms with E-state index in [2.05, 4.69) is 15.0 Å². The highest BCUT2D eigenvalue weighted by Crippen LogP contribution is 2.31. The third-order valence-electron chi connectivity index (χ3n) is 5.73. The largest absolute Gasteiger partial charge is 0.312 e. The second-order valence-corrected chi connectivity index (χ2v) is 11.7. The van der Waals surface area contributed by atoms with Crippen molar-refractivity contribution < 1.29 is 18.0 Å². The van der Waals surface area contributed by atoms with Gasteiger partial charge in [-0.2, -0.15) is 4.72 Å². The van der Waals surface area contributed by atoms with Gasteiger partial charge in [0.05, 0.1) is 15.1 Å². The lowest BCUT2D eigenvalue weighted by Crippen LogP contribution is -2.44. The molecular weight excluding hydrogens is 472 g/mol. The lowest BCUT2D eigenvalue weighted by atomic mass is 10.0. The maximum Gasteiger partial charge on any atom is 0.244 e. The number of hydrogen-bond acceptors (Lipinski definition) is 6. The Hall–Kier alpha value is -2.82. The number of benzene rings is 2. The van der Waals surface area contributed by atoms with E-state index in [0.29, 0.717) is 24.5 Å². The number of anilines is 2. The molecule has 2 amide bonds. The van der Waals surface area contributed by atoms with E-state index < -0.39 is 22.0 Å². The van der Waals surface area contributed by atoms with Crippen molar-refractivity contribution in [3.63, 3.8) is 0 Å². The molecule has 1 unspecified atom stereocenters. The highest BCUT2D eigenvalue weighted by Gasteiger charge is 2.29. The molecule has 1 atom stereocenters. The van der Waals surface area contributed by atoms with E-state index in [-0.39, 0.29) is 16.7 Å². The first-order valence-electron chi connectivity index (χ1n) is 11.1. The second kappa shape index (κ2) is 9.44. The first-order chi connectivity index (χ1) is 16.0. The molecule has 2 aromatic carbocycles. The van der Waals surface area contributed by atoms with Gasteiger partial charge in [-0.25, -0.2) is 13.4 Å². The maximum atomic E-state index is 13.2. The number of aryl methyl sites for hydroxylation is 1. The number of aromatic nitrogens is 1. The summed E-state index contributed by atoms with van der Waals surface area (Å²) in [5.74, 6) is -0.441. The number of nitrogens with one attached hydrogen (secondary N) is 2. The fourth-order valence-electron chi connectivity index (χ4n) is 4.09. The van der Waals surface area contributed by atoms with Crippen LogP contribution in [0.5, 0.6) is 0 Å². The summed E-state index contributed by atoms with van der Waals surface area (Å²) in [4.78, 5) is 31.0. The third kappa shape index (κ3) is 5.13. The Morgan fingerprint density at radius 1 is 1.18 bits per heavy atom. The minimum absolute atomic E-state index is 0.0775. The molecule has 0 fully saturated rings. The quantitative estimate of drug-likeness (QED) is 0.512. The number of sulfonamides is 1. The van der Waals surface area contributed by atoms with Gasteiger partial charge >= 0.3 is 0 Å². The van der Waals surface area contributed by atoms with Crippen molar-refractivity contribution in [2.75, 3.05) is 16.8 Å². The van der Waals surface area contributed by atoms with Crippen LogP contribution in [0.15, 0.2) is 41.3 Å². The molecule has 0 aliphatic carbocycles. The Morgan fingerprint density at radius 2 is 1.94 bits per heavy atom. The number of hydrogen-bond donors (Lipinski definition) is 2. The van der Waals surface area contributed by atoms with Gasteiger partial charge in [0.15, 0.2) is 5.13 Å². The number of thiazole rings is 1. The van der Waals surface area contributed by atoms with Crippen LogP contribution >= 0.6 is 11.3 Å². The van der Waals surface area contributed by atoms with E-state index in [4.69, 9.17) is 0 Å². The average molecular weight is 501 g/mol. The highest BCUT2D eigenvalue weighted by atomic mass is 32.2. The van der Waals surface area contributed by atoms with Crippen molar-refractivity contribution in [2.45, 2.75) is 51.5 Å². The van der Waals surface area contributed by atoms with Crippen LogP contribution in [0.3, 0.4) is 0 Å². The molecule has 3 aromatic rings. The summed E-state index contributed by atoms with van der Waals surface area (Å²) in [5, 5.41) is 3.22. The predicted molar refractivity (Wildman–Crippen MR) is 135 cm³/mol. The number of rotatable bonds is 7. The predicted octanol–water partition coefficient (Wildman–Crippen LogP) is 3.85. The van der Waals surface area contributed by atoms with Crippen LogP contribution in [0.2, 0.25) is 0 Å². The fourth-order valence-corrected chi connectivity index (χ4v) is 6.31. The van der Waals surface area contributed by atoms with Gasteiger partial charge in [-0.3, -0.25) is 9.59 Å². The van der Waals surface area contributed by atoms with E-state index >= 15 is 0 Å². The zero-order valence-electron chi connectivity index (χ0n) is 19.6. The molecule has 0 spiro atoms. The van der Waals surface area contributed by atoms with E-state index in [1.807, 2.05) is 39.0 Å². The minimum Gasteiger partial charge on any atom is -0.312 e. The van der Waals surface area contributed by atoms with Crippen molar-refractivity contribution >= 4 is 54.2 Å². The van der Waals surface area contributed by atoms with Gasteiger partial charge in [0.2, 0.25) is 21.8 Å². The van der Waals surface area contributed by atoms with E-state index in [0.717, 1.165) is 27.0 Å². The van der Waals surface area contributed by atoms with Gasteiger partial charge in [0.1, 0.15) is 6.04 Å². The lowest BCUT2D eigenvalue weighted by Gasteiger charge is -2.20. The Morgan fingerprint density at radius 3 is 2.65 bits per heavy atom. The summed E-state index contributed by atoms with van der Waals surface area (Å²) in [6.07, 6.45) is 0.920. The molecule has 34 heavy (non-hydrogen) atoms. The zero-order chi connectivity index (χ0) is 24.6. The topological polar surface area (TPSA) is 108 Å². The molecule has 2 heterocycles. The van der Waals surface area contributed by atoms with Crippen molar-refractivity contribution in [2.24, 2.45) is 5.92 Å². The summed E-state index contributed by atoms with van der Waals surface area (Å²) in [6.45, 7) is 7.87. The van der Waals surface area contributed by atoms with Crippen LogP contribution in [0, 0.1) is 12.8 Å². The van der Waals surface area contributed by atoms with Gasteiger partial charge < -0.3 is 10.2 Å². The number of carbonyl (C=O) groups is 2. The Bertz CT molecular complexity index is 1360. The molecule has 1 aliphatic rings. The van der Waals surface area contributed by atoms with Crippen LogP contribution in [-0.2, 0) is 26.0 Å². The first kappa shape index (κ1) is 24.3. The number of fused-ring (bicyclic) bond motifs is 2. The summed E-state index contributed by atoms with van der Waals surface area (Å²) >= 11 is 1.35. The van der Waals surface area contributed by atoms with E-state index in [1.54, 1.807) is 17.0 Å². The zero-order valence-corrected chi connectivity index (χ0v) is 21.2. The number of carbonyl (C=O) groups excluding carboxylic acids is 2. The van der Waals surface area contributed by atoms with Gasteiger partial charge in [-0.05, 0) is 67.1 Å². The molecule has 10 heteroatoms. The minimum atomic E-state index is -3.96. The van der Waals surface area contributed by atoms with Crippen molar-refractivity contribution in [1.29, 1.82) is 0 Å². The third-order valence-corrected chi connectivity index (χ3v) is 8.13. The fraction of sp³-hybridized carbons (Fsp3) is 0.375. The Kier molecular flexibility index (Phi) is 6.75. The number of nitrogens with zero attached hydrogens (tertiary/aromatic N) is 2. The van der Waals surface area contributed by atoms with Crippen molar-refractivity contribution in [3.8, 4) is 0 Å². The monoisotopic (exact) mass is 500 g/mol. The van der Waals surface area contributed by atoms with Crippen molar-refractivity contribution in [1.82, 2.24) is 9.71 Å². The van der Waals surface area contributed by atoms with Crippen LogP contribution in [0.25, 0.3) is 10.2 Å². The molecular formula is C24H28N4O4S2. The van der Waals surface area contributed by atoms with Crippen LogP contribution in [0.1, 0.15) is 38.3 Å². The standard InChI is InChI=1S/C24H28N4O4S2/c1-14(2)11-20(23(30)26-24-25-19-7-5-15(3)12-22(19)33-24)27-34(31,32)18-6-8-21-17(13-18)9-10-28(21)16(4)29/h5-8,12-14,20,27H,9-11H2,1-4H3,(H,25,26,30). The normalized spacial score (nSPS) is 14.4. The summed E-state index contributed by atoms with van der Waals surface area (Å²) in [5.41, 5.74) is 3.41. The van der Waals surface area contributed by atoms with E-state index in [1.165, 1.54) is 24.3 Å². The van der Waals surface area contributed by atoms with Crippen LogP contribution in [0.4, 0.5) is 10.8 Å². The molecule has 2 N–H and O–H groups in total. The van der Waals surface area contributed by atoms with Crippen molar-refractivity contribution in [3.05, 3.63) is 47.5 Å². The Balaban J connectivity index is 1.55. The van der Waals surface area contributed by atoms with Crippen LogP contribution < -0.4 is 14.9 Å². The molecule has 4 rings (SSSR count). The van der Waals surface area contributed by atoms with Crippen LogP contribution in [-0.4, -0.2) is 37.8 Å². The molecule has 0 saturated carbocycles. The Labute approximate surface area is 203 Å². The summed E-state index contributed by atoms with van der Waals surface area (Å²) < 4.78 is 29.9.